The first-order valence-electron chi connectivity index (χ1n) is 9.06. The maximum Gasteiger partial charge on any atom is 0.326 e. The summed E-state index contributed by atoms with van der Waals surface area (Å²) < 4.78 is 5.64. The summed E-state index contributed by atoms with van der Waals surface area (Å²) in [6, 6.07) is 10.8. The van der Waals surface area contributed by atoms with Crippen molar-refractivity contribution in [2.45, 2.75) is 45.6 Å². The number of carbonyl (C=O) groups excluding carboxylic acids is 1. The van der Waals surface area contributed by atoms with Gasteiger partial charge in [0.05, 0.1) is 16.7 Å². The molecule has 1 atom stereocenters. The Morgan fingerprint density at radius 2 is 1.96 bits per heavy atom. The van der Waals surface area contributed by atoms with E-state index in [9.17, 15) is 4.79 Å². The second-order valence-corrected chi connectivity index (χ2v) is 8.28. The van der Waals surface area contributed by atoms with Gasteiger partial charge in [-0.1, -0.05) is 30.1 Å². The monoisotopic (exact) mass is 406 g/mol. The van der Waals surface area contributed by atoms with Crippen molar-refractivity contribution in [1.82, 2.24) is 0 Å². The molecule has 1 N–H and O–H groups in total. The lowest BCUT2D eigenvalue weighted by Crippen LogP contribution is -2.53. The largest absolute Gasteiger partial charge is 0.494 e. The first-order chi connectivity index (χ1) is 12.7. The number of anilines is 2. The number of benzene rings is 2. The number of amides is 2. The van der Waals surface area contributed by atoms with E-state index in [1.165, 1.54) is 0 Å². The van der Waals surface area contributed by atoms with Gasteiger partial charge in [0, 0.05) is 16.9 Å². The van der Waals surface area contributed by atoms with Crippen molar-refractivity contribution in [3.8, 4) is 5.75 Å². The molecule has 3 rings (SSSR count). The van der Waals surface area contributed by atoms with Gasteiger partial charge >= 0.3 is 6.03 Å². The fourth-order valence-electron chi connectivity index (χ4n) is 3.80. The van der Waals surface area contributed by atoms with Gasteiger partial charge in [-0.2, -0.15) is 0 Å². The van der Waals surface area contributed by atoms with Gasteiger partial charge in [0.2, 0.25) is 0 Å². The molecule has 0 radical (unpaired) electrons. The Bertz CT molecular complexity index is 867. The fourth-order valence-corrected chi connectivity index (χ4v) is 4.10. The van der Waals surface area contributed by atoms with Crippen LogP contribution in [0.3, 0.4) is 0 Å². The first kappa shape index (κ1) is 19.8. The van der Waals surface area contributed by atoms with E-state index in [4.69, 9.17) is 27.9 Å². The average molecular weight is 407 g/mol. The van der Waals surface area contributed by atoms with Gasteiger partial charge in [0.25, 0.3) is 0 Å². The van der Waals surface area contributed by atoms with Crippen LogP contribution in [-0.2, 0) is 0 Å². The molecular weight excluding hydrogens is 383 g/mol. The zero-order valence-electron chi connectivity index (χ0n) is 16.0. The molecule has 0 saturated heterocycles. The van der Waals surface area contributed by atoms with Crippen LogP contribution in [0, 0.1) is 0 Å². The lowest BCUT2D eigenvalue weighted by molar-refractivity contribution is 0.247. The number of nitrogens with one attached hydrogen (secondary N) is 1. The van der Waals surface area contributed by atoms with Gasteiger partial charge in [-0.05, 0) is 75.1 Å². The van der Waals surface area contributed by atoms with Crippen molar-refractivity contribution in [3.05, 3.63) is 52.0 Å². The minimum absolute atomic E-state index is 0.198. The molecule has 144 valence electrons. The number of urea groups is 1. The van der Waals surface area contributed by atoms with E-state index >= 15 is 0 Å². The highest BCUT2D eigenvalue weighted by Gasteiger charge is 2.40. The summed E-state index contributed by atoms with van der Waals surface area (Å²) in [5.74, 6) is 1.15. The van der Waals surface area contributed by atoms with E-state index in [2.05, 4.69) is 26.1 Å². The molecule has 27 heavy (non-hydrogen) atoms. The molecule has 0 spiro atoms. The minimum Gasteiger partial charge on any atom is -0.494 e. The van der Waals surface area contributed by atoms with E-state index < -0.39 is 0 Å². The smallest absolute Gasteiger partial charge is 0.326 e. The summed E-state index contributed by atoms with van der Waals surface area (Å²) in [6.45, 7) is 8.92. The van der Waals surface area contributed by atoms with Crippen molar-refractivity contribution in [2.75, 3.05) is 16.8 Å². The molecule has 1 aliphatic rings. The highest BCUT2D eigenvalue weighted by atomic mass is 35.5. The van der Waals surface area contributed by atoms with Crippen molar-refractivity contribution in [1.29, 1.82) is 0 Å². The SMILES string of the molecule is CCOc1ccc2c(c1)[C@@H](C)CC(C)(C)N2C(=O)Nc1ccc(Cl)c(Cl)c1. The maximum absolute atomic E-state index is 13.2. The second-order valence-electron chi connectivity index (χ2n) is 7.47. The Hall–Kier alpha value is -1.91. The zero-order valence-corrected chi connectivity index (χ0v) is 17.5. The number of halogens is 2. The van der Waals surface area contributed by atoms with Crippen LogP contribution in [0.25, 0.3) is 0 Å². The third-order valence-electron chi connectivity index (χ3n) is 4.87. The molecular formula is C21H24Cl2N2O2. The zero-order chi connectivity index (χ0) is 19.8. The molecule has 0 fully saturated rings. The molecule has 1 heterocycles. The van der Waals surface area contributed by atoms with Crippen LogP contribution >= 0.6 is 23.2 Å². The van der Waals surface area contributed by atoms with Gasteiger partial charge in [-0.15, -0.1) is 0 Å². The third-order valence-corrected chi connectivity index (χ3v) is 5.61. The van der Waals surface area contributed by atoms with E-state index in [-0.39, 0.29) is 11.6 Å². The quantitative estimate of drug-likeness (QED) is 0.614. The van der Waals surface area contributed by atoms with Gasteiger partial charge < -0.3 is 10.1 Å². The third kappa shape index (κ3) is 4.02. The highest BCUT2D eigenvalue weighted by molar-refractivity contribution is 6.42. The van der Waals surface area contributed by atoms with Crippen LogP contribution in [0.4, 0.5) is 16.2 Å². The Balaban J connectivity index is 1.96. The molecule has 2 amide bonds. The van der Waals surface area contributed by atoms with Crippen LogP contribution in [0.5, 0.6) is 5.75 Å². The van der Waals surface area contributed by atoms with E-state index in [1.807, 2.05) is 30.0 Å². The average Bonchev–Trinajstić information content (AvgIpc) is 2.58. The molecule has 2 aromatic carbocycles. The van der Waals surface area contributed by atoms with Crippen LogP contribution in [-0.4, -0.2) is 18.2 Å². The highest BCUT2D eigenvalue weighted by Crippen LogP contribution is 2.45. The number of hydrogen-bond acceptors (Lipinski definition) is 2. The van der Waals surface area contributed by atoms with E-state index in [1.54, 1.807) is 18.2 Å². The van der Waals surface area contributed by atoms with Crippen LogP contribution in [0.1, 0.15) is 45.6 Å². The van der Waals surface area contributed by atoms with Crippen LogP contribution in [0.2, 0.25) is 10.0 Å². The molecule has 0 bridgehead atoms. The van der Waals surface area contributed by atoms with Crippen molar-refractivity contribution >= 4 is 40.6 Å². The molecule has 0 unspecified atom stereocenters. The Labute approximate surface area is 170 Å². The van der Waals surface area contributed by atoms with Crippen molar-refractivity contribution in [3.63, 3.8) is 0 Å². The molecule has 6 heteroatoms. The van der Waals surface area contributed by atoms with Gasteiger partial charge in [-0.25, -0.2) is 4.79 Å². The van der Waals surface area contributed by atoms with Crippen molar-refractivity contribution in [2.24, 2.45) is 0 Å². The normalized spacial score (nSPS) is 18.0. The van der Waals surface area contributed by atoms with Gasteiger partial charge in [0.1, 0.15) is 5.75 Å². The van der Waals surface area contributed by atoms with Gasteiger partial charge in [0.15, 0.2) is 0 Å². The number of ether oxygens (including phenoxy) is 1. The van der Waals surface area contributed by atoms with Crippen molar-refractivity contribution < 1.29 is 9.53 Å². The number of hydrogen-bond donors (Lipinski definition) is 1. The summed E-state index contributed by atoms with van der Waals surface area (Å²) in [4.78, 5) is 15.0. The van der Waals surface area contributed by atoms with E-state index in [0.717, 1.165) is 23.4 Å². The lowest BCUT2D eigenvalue weighted by Gasteiger charge is -2.45. The molecule has 2 aromatic rings. The Morgan fingerprint density at radius 3 is 2.63 bits per heavy atom. The Morgan fingerprint density at radius 1 is 1.22 bits per heavy atom. The van der Waals surface area contributed by atoms with E-state index in [0.29, 0.717) is 28.3 Å². The van der Waals surface area contributed by atoms with Crippen LogP contribution < -0.4 is 15.0 Å². The first-order valence-corrected chi connectivity index (χ1v) is 9.81. The minimum atomic E-state index is -0.333. The number of carbonyl (C=O) groups is 1. The standard InChI is InChI=1S/C21H24Cl2N2O2/c1-5-27-15-7-9-19-16(11-15)13(2)12-21(3,4)25(19)20(26)24-14-6-8-17(22)18(23)10-14/h6-11,13H,5,12H2,1-4H3,(H,24,26)/t13-/m0/s1. The molecule has 0 aliphatic carbocycles. The Kier molecular flexibility index (Phi) is 5.59. The maximum atomic E-state index is 13.2. The molecule has 0 saturated carbocycles. The molecule has 1 aliphatic heterocycles. The number of nitrogens with zero attached hydrogens (tertiary/aromatic N) is 1. The summed E-state index contributed by atoms with van der Waals surface area (Å²) in [6.07, 6.45) is 0.852. The molecule has 0 aromatic heterocycles. The summed E-state index contributed by atoms with van der Waals surface area (Å²) in [7, 11) is 0. The number of rotatable bonds is 3. The summed E-state index contributed by atoms with van der Waals surface area (Å²) in [5.41, 5.74) is 2.29. The predicted molar refractivity (Wildman–Crippen MR) is 113 cm³/mol. The number of fused-ring (bicyclic) bond motifs is 1. The topological polar surface area (TPSA) is 41.6 Å². The summed E-state index contributed by atoms with van der Waals surface area (Å²) >= 11 is 12.0. The molecule has 4 nitrogen and oxygen atoms in total. The summed E-state index contributed by atoms with van der Waals surface area (Å²) in [5, 5.41) is 3.80. The predicted octanol–water partition coefficient (Wildman–Crippen LogP) is 6.72. The lowest BCUT2D eigenvalue weighted by atomic mass is 9.80. The fraction of sp³-hybridized carbons (Fsp3) is 0.381. The second kappa shape index (κ2) is 7.61. The van der Waals surface area contributed by atoms with Gasteiger partial charge in [-0.3, -0.25) is 4.90 Å². The van der Waals surface area contributed by atoms with Crippen LogP contribution in [0.15, 0.2) is 36.4 Å².